The summed E-state index contributed by atoms with van der Waals surface area (Å²) in [5, 5.41) is 0. The topological polar surface area (TPSA) is 37.4 Å². The van der Waals surface area contributed by atoms with Gasteiger partial charge in [-0.15, -0.1) is 0 Å². The van der Waals surface area contributed by atoms with Crippen LogP contribution in [0.3, 0.4) is 0 Å². The Hall–Kier alpha value is -2.56. The molecule has 1 aliphatic carbocycles. The van der Waals surface area contributed by atoms with E-state index in [-0.39, 0.29) is 30.7 Å². The highest BCUT2D eigenvalue weighted by Crippen LogP contribution is 2.65. The molecule has 2 amide bonds. The van der Waals surface area contributed by atoms with Crippen molar-refractivity contribution in [2.24, 2.45) is 5.41 Å². The fourth-order valence-electron chi connectivity index (χ4n) is 3.68. The molecule has 4 rings (SSSR count). The second-order valence-corrected chi connectivity index (χ2v) is 6.53. The third-order valence-corrected chi connectivity index (χ3v) is 5.04. The largest absolute Gasteiger partial charge is 0.278 e. The van der Waals surface area contributed by atoms with Crippen molar-refractivity contribution >= 4 is 11.8 Å². The maximum atomic E-state index is 14.0. The number of benzene rings is 2. The summed E-state index contributed by atoms with van der Waals surface area (Å²) in [5.74, 6) is -2.13. The predicted octanol–water partition coefficient (Wildman–Crippen LogP) is 3.40. The monoisotopic (exact) mass is 327 g/mol. The fourth-order valence-corrected chi connectivity index (χ4v) is 3.68. The molecule has 1 spiro atoms. The molecule has 2 aliphatic rings. The molecular weight excluding hydrogens is 312 g/mol. The molecule has 0 aromatic heterocycles. The summed E-state index contributed by atoms with van der Waals surface area (Å²) in [4.78, 5) is 26.3. The Morgan fingerprint density at radius 1 is 1.08 bits per heavy atom. The van der Waals surface area contributed by atoms with Crippen molar-refractivity contribution in [1.82, 2.24) is 4.90 Å². The van der Waals surface area contributed by atoms with Crippen LogP contribution in [0.15, 0.2) is 48.5 Å². The highest BCUT2D eigenvalue weighted by Gasteiger charge is 2.67. The molecule has 5 heteroatoms. The highest BCUT2D eigenvalue weighted by atomic mass is 19.1. The third-order valence-electron chi connectivity index (χ3n) is 5.04. The van der Waals surface area contributed by atoms with Crippen LogP contribution in [0, 0.1) is 17.0 Å². The molecule has 1 aliphatic heterocycles. The van der Waals surface area contributed by atoms with Crippen molar-refractivity contribution in [1.29, 1.82) is 0 Å². The number of rotatable bonds is 3. The van der Waals surface area contributed by atoms with Crippen LogP contribution in [-0.4, -0.2) is 16.7 Å². The molecule has 0 radical (unpaired) electrons. The standard InChI is InChI=1S/C19H15F2NO2/c20-13-6-7-14(16(21)8-13)15-9-19(15)10-17(23)22(18(19)24)11-12-4-2-1-3-5-12/h1-8,15H,9-11H2/t15?,19-/m0/s1. The van der Waals surface area contributed by atoms with E-state index in [4.69, 9.17) is 0 Å². The first-order chi connectivity index (χ1) is 11.5. The SMILES string of the molecule is O=C1C[C@]2(CC2c2ccc(F)cc2F)C(=O)N1Cc1ccccc1. The molecule has 2 atom stereocenters. The van der Waals surface area contributed by atoms with Crippen molar-refractivity contribution in [2.45, 2.75) is 25.3 Å². The summed E-state index contributed by atoms with van der Waals surface area (Å²) in [5.41, 5.74) is 0.352. The average molecular weight is 327 g/mol. The lowest BCUT2D eigenvalue weighted by atomic mass is 9.97. The van der Waals surface area contributed by atoms with Crippen LogP contribution < -0.4 is 0 Å². The summed E-state index contributed by atoms with van der Waals surface area (Å²) < 4.78 is 27.1. The quantitative estimate of drug-likeness (QED) is 0.810. The molecule has 1 saturated carbocycles. The molecule has 1 heterocycles. The molecule has 24 heavy (non-hydrogen) atoms. The van der Waals surface area contributed by atoms with Crippen LogP contribution >= 0.6 is 0 Å². The second kappa shape index (κ2) is 5.23. The van der Waals surface area contributed by atoms with Gasteiger partial charge in [0.2, 0.25) is 11.8 Å². The Morgan fingerprint density at radius 2 is 1.83 bits per heavy atom. The number of halogens is 2. The molecule has 3 nitrogen and oxygen atoms in total. The molecule has 2 aromatic rings. The third kappa shape index (κ3) is 2.23. The van der Waals surface area contributed by atoms with E-state index in [1.807, 2.05) is 30.3 Å². The zero-order chi connectivity index (χ0) is 16.9. The van der Waals surface area contributed by atoms with Gasteiger partial charge in [-0.25, -0.2) is 8.78 Å². The van der Waals surface area contributed by atoms with Gasteiger partial charge < -0.3 is 0 Å². The van der Waals surface area contributed by atoms with Crippen LogP contribution in [0.5, 0.6) is 0 Å². The van der Waals surface area contributed by atoms with Gasteiger partial charge in [0.15, 0.2) is 0 Å². The van der Waals surface area contributed by atoms with Gasteiger partial charge in [-0.3, -0.25) is 14.5 Å². The van der Waals surface area contributed by atoms with E-state index >= 15 is 0 Å². The normalized spacial score (nSPS) is 25.6. The van der Waals surface area contributed by atoms with Crippen molar-refractivity contribution < 1.29 is 18.4 Å². The van der Waals surface area contributed by atoms with Crippen molar-refractivity contribution in [2.75, 3.05) is 0 Å². The number of carbonyl (C=O) groups is 2. The Balaban J connectivity index is 1.58. The minimum absolute atomic E-state index is 0.0974. The number of nitrogens with zero attached hydrogens (tertiary/aromatic N) is 1. The number of amides is 2. The van der Waals surface area contributed by atoms with Gasteiger partial charge in [0.05, 0.1) is 12.0 Å². The van der Waals surface area contributed by atoms with Gasteiger partial charge in [0.25, 0.3) is 0 Å². The fraction of sp³-hybridized carbons (Fsp3) is 0.263. The van der Waals surface area contributed by atoms with Gasteiger partial charge in [0, 0.05) is 18.4 Å². The summed E-state index contributed by atoms with van der Waals surface area (Å²) in [6, 6.07) is 12.7. The first-order valence-electron chi connectivity index (χ1n) is 7.85. The van der Waals surface area contributed by atoms with Crippen molar-refractivity contribution in [3.05, 3.63) is 71.3 Å². The number of hydrogen-bond acceptors (Lipinski definition) is 2. The van der Waals surface area contributed by atoms with Gasteiger partial charge in [-0.05, 0) is 23.6 Å². The number of carbonyl (C=O) groups excluding carboxylic acids is 2. The van der Waals surface area contributed by atoms with E-state index in [1.165, 1.54) is 17.0 Å². The van der Waals surface area contributed by atoms with Gasteiger partial charge in [0.1, 0.15) is 11.6 Å². The molecule has 1 saturated heterocycles. The zero-order valence-electron chi connectivity index (χ0n) is 12.8. The lowest BCUT2D eigenvalue weighted by Gasteiger charge is -2.15. The first-order valence-corrected chi connectivity index (χ1v) is 7.85. The van der Waals surface area contributed by atoms with E-state index in [1.54, 1.807) is 0 Å². The summed E-state index contributed by atoms with van der Waals surface area (Å²) >= 11 is 0. The predicted molar refractivity (Wildman–Crippen MR) is 82.8 cm³/mol. The van der Waals surface area contributed by atoms with E-state index in [2.05, 4.69) is 0 Å². The average Bonchev–Trinajstić information content (AvgIpc) is 3.22. The number of imide groups is 1. The van der Waals surface area contributed by atoms with E-state index in [9.17, 15) is 18.4 Å². The molecule has 2 fully saturated rings. The van der Waals surface area contributed by atoms with Crippen molar-refractivity contribution in [3.63, 3.8) is 0 Å². The van der Waals surface area contributed by atoms with Crippen LogP contribution in [0.1, 0.15) is 29.9 Å². The van der Waals surface area contributed by atoms with Crippen LogP contribution in [-0.2, 0) is 16.1 Å². The minimum atomic E-state index is -0.843. The van der Waals surface area contributed by atoms with Crippen LogP contribution in [0.25, 0.3) is 0 Å². The zero-order valence-corrected chi connectivity index (χ0v) is 12.8. The molecule has 2 aromatic carbocycles. The summed E-state index contributed by atoms with van der Waals surface area (Å²) in [7, 11) is 0. The Kier molecular flexibility index (Phi) is 3.27. The molecular formula is C19H15F2NO2. The maximum absolute atomic E-state index is 14.0. The molecule has 0 bridgehead atoms. The van der Waals surface area contributed by atoms with Crippen molar-refractivity contribution in [3.8, 4) is 0 Å². The van der Waals surface area contributed by atoms with Gasteiger partial charge in [-0.1, -0.05) is 36.4 Å². The Morgan fingerprint density at radius 3 is 2.54 bits per heavy atom. The Bertz CT molecular complexity index is 837. The van der Waals surface area contributed by atoms with E-state index in [0.717, 1.165) is 11.6 Å². The lowest BCUT2D eigenvalue weighted by Crippen LogP contribution is -2.30. The molecule has 122 valence electrons. The second-order valence-electron chi connectivity index (χ2n) is 6.53. The molecule has 0 N–H and O–H groups in total. The van der Waals surface area contributed by atoms with E-state index < -0.39 is 17.0 Å². The van der Waals surface area contributed by atoms with Gasteiger partial charge >= 0.3 is 0 Å². The first kappa shape index (κ1) is 15.0. The number of hydrogen-bond donors (Lipinski definition) is 0. The summed E-state index contributed by atoms with van der Waals surface area (Å²) in [6.45, 7) is 0.235. The summed E-state index contributed by atoms with van der Waals surface area (Å²) in [6.07, 6.45) is 0.533. The van der Waals surface area contributed by atoms with Crippen LogP contribution in [0.4, 0.5) is 8.78 Å². The smallest absolute Gasteiger partial charge is 0.236 e. The van der Waals surface area contributed by atoms with Gasteiger partial charge in [-0.2, -0.15) is 0 Å². The Labute approximate surface area is 137 Å². The van der Waals surface area contributed by atoms with Crippen LogP contribution in [0.2, 0.25) is 0 Å². The molecule has 1 unspecified atom stereocenters. The number of likely N-dealkylation sites (tertiary alicyclic amines) is 1. The maximum Gasteiger partial charge on any atom is 0.236 e. The van der Waals surface area contributed by atoms with E-state index in [0.29, 0.717) is 12.0 Å². The highest BCUT2D eigenvalue weighted by molar-refractivity contribution is 6.08. The lowest BCUT2D eigenvalue weighted by molar-refractivity contribution is -0.140. The minimum Gasteiger partial charge on any atom is -0.278 e.